The van der Waals surface area contributed by atoms with E-state index in [0.717, 1.165) is 11.1 Å². The van der Waals surface area contributed by atoms with Crippen LogP contribution in [0.15, 0.2) is 41.3 Å². The summed E-state index contributed by atoms with van der Waals surface area (Å²) in [6.07, 6.45) is 0. The van der Waals surface area contributed by atoms with Gasteiger partial charge in [0.15, 0.2) is 0 Å². The highest BCUT2D eigenvalue weighted by Crippen LogP contribution is 2.25. The van der Waals surface area contributed by atoms with Gasteiger partial charge in [-0.15, -0.1) is 0 Å². The van der Waals surface area contributed by atoms with Crippen molar-refractivity contribution in [3.63, 3.8) is 0 Å². The fourth-order valence-electron chi connectivity index (χ4n) is 1.78. The summed E-state index contributed by atoms with van der Waals surface area (Å²) in [6.45, 7) is 3.69. The Balaban J connectivity index is 2.38. The van der Waals surface area contributed by atoms with Crippen LogP contribution in [-0.4, -0.2) is 8.42 Å². The Hall–Kier alpha value is -1.72. The molecule has 0 fully saturated rings. The first-order chi connectivity index (χ1) is 9.29. The van der Waals surface area contributed by atoms with E-state index in [2.05, 4.69) is 4.72 Å². The summed E-state index contributed by atoms with van der Waals surface area (Å²) in [5.74, 6) is 0. The lowest BCUT2D eigenvalue weighted by Gasteiger charge is -2.11. The molecule has 6 heteroatoms. The molecule has 0 heterocycles. The second kappa shape index (κ2) is 5.34. The summed E-state index contributed by atoms with van der Waals surface area (Å²) in [5, 5.41) is 0.502. The molecule has 0 bridgehead atoms. The molecule has 0 saturated carbocycles. The fourth-order valence-corrected chi connectivity index (χ4v) is 3.12. The first-order valence-corrected chi connectivity index (χ1v) is 7.81. The molecule has 0 aliphatic heterocycles. The Morgan fingerprint density at radius 3 is 2.40 bits per heavy atom. The van der Waals surface area contributed by atoms with E-state index < -0.39 is 10.0 Å². The van der Waals surface area contributed by atoms with Gasteiger partial charge in [-0.1, -0.05) is 23.7 Å². The molecule has 0 aromatic heterocycles. The highest BCUT2D eigenvalue weighted by molar-refractivity contribution is 7.92. The molecule has 20 heavy (non-hydrogen) atoms. The Labute approximate surface area is 123 Å². The van der Waals surface area contributed by atoms with E-state index in [1.807, 2.05) is 13.8 Å². The summed E-state index contributed by atoms with van der Waals surface area (Å²) >= 11 is 5.98. The number of halogens is 1. The smallest absolute Gasteiger partial charge is 0.263 e. The van der Waals surface area contributed by atoms with Crippen LogP contribution < -0.4 is 10.5 Å². The normalized spacial score (nSPS) is 11.3. The minimum Gasteiger partial charge on any atom is -0.398 e. The van der Waals surface area contributed by atoms with Gasteiger partial charge in [0.2, 0.25) is 0 Å². The van der Waals surface area contributed by atoms with Crippen LogP contribution in [0.25, 0.3) is 0 Å². The number of benzene rings is 2. The number of rotatable bonds is 3. The third-order valence-electron chi connectivity index (χ3n) is 2.88. The summed E-state index contributed by atoms with van der Waals surface area (Å²) in [5.41, 5.74) is 8.17. The summed E-state index contributed by atoms with van der Waals surface area (Å²) in [7, 11) is -3.72. The van der Waals surface area contributed by atoms with Crippen LogP contribution in [0, 0.1) is 13.8 Å². The number of nitrogens with two attached hydrogens (primary N) is 1. The summed E-state index contributed by atoms with van der Waals surface area (Å²) < 4.78 is 27.1. The lowest BCUT2D eigenvalue weighted by molar-refractivity contribution is 0.601. The first-order valence-electron chi connectivity index (χ1n) is 5.95. The van der Waals surface area contributed by atoms with Gasteiger partial charge in [0.05, 0.1) is 11.4 Å². The van der Waals surface area contributed by atoms with Crippen molar-refractivity contribution in [3.05, 3.63) is 52.5 Å². The van der Waals surface area contributed by atoms with Crippen molar-refractivity contribution in [2.24, 2.45) is 0 Å². The number of sulfonamides is 1. The first kappa shape index (κ1) is 14.7. The number of anilines is 2. The zero-order valence-electron chi connectivity index (χ0n) is 11.1. The molecule has 2 aromatic carbocycles. The standard InChI is InChI=1S/C14H15ClN2O2S/c1-9-3-6-14(13(16)7-9)20(18,19)17-11-5-4-10(2)12(15)8-11/h3-8,17H,16H2,1-2H3. The third-order valence-corrected chi connectivity index (χ3v) is 4.74. The fraction of sp³-hybridized carbons (Fsp3) is 0.143. The van der Waals surface area contributed by atoms with Crippen LogP contribution in [0.2, 0.25) is 5.02 Å². The van der Waals surface area contributed by atoms with Crippen LogP contribution in [0.1, 0.15) is 11.1 Å². The highest BCUT2D eigenvalue weighted by atomic mass is 35.5. The Morgan fingerprint density at radius 1 is 1.10 bits per heavy atom. The maximum absolute atomic E-state index is 12.3. The van der Waals surface area contributed by atoms with E-state index in [1.54, 1.807) is 30.3 Å². The van der Waals surface area contributed by atoms with Gasteiger partial charge < -0.3 is 5.73 Å². The molecule has 2 rings (SSSR count). The number of nitrogens with one attached hydrogen (secondary N) is 1. The maximum atomic E-state index is 12.3. The van der Waals surface area contributed by atoms with Crippen LogP contribution in [0.4, 0.5) is 11.4 Å². The molecule has 0 unspecified atom stereocenters. The van der Waals surface area contributed by atoms with Gasteiger partial charge in [-0.3, -0.25) is 4.72 Å². The number of aryl methyl sites for hydroxylation is 2. The Kier molecular flexibility index (Phi) is 3.92. The molecule has 2 aromatic rings. The van der Waals surface area contributed by atoms with E-state index in [9.17, 15) is 8.42 Å². The maximum Gasteiger partial charge on any atom is 0.263 e. The SMILES string of the molecule is Cc1ccc(S(=O)(=O)Nc2ccc(C)c(Cl)c2)c(N)c1. The van der Waals surface area contributed by atoms with Crippen molar-refractivity contribution in [3.8, 4) is 0 Å². The molecule has 0 aliphatic rings. The van der Waals surface area contributed by atoms with Gasteiger partial charge in [0, 0.05) is 5.02 Å². The summed E-state index contributed by atoms with van der Waals surface area (Å²) in [4.78, 5) is 0.0554. The zero-order valence-corrected chi connectivity index (χ0v) is 12.7. The quantitative estimate of drug-likeness (QED) is 0.854. The van der Waals surface area contributed by atoms with Crippen LogP contribution in [0.3, 0.4) is 0 Å². The molecule has 4 nitrogen and oxygen atoms in total. The average Bonchev–Trinajstić information content (AvgIpc) is 2.33. The molecular weight excluding hydrogens is 296 g/mol. The number of hydrogen-bond acceptors (Lipinski definition) is 3. The van der Waals surface area contributed by atoms with E-state index in [0.29, 0.717) is 10.7 Å². The van der Waals surface area contributed by atoms with E-state index in [1.165, 1.54) is 6.07 Å². The monoisotopic (exact) mass is 310 g/mol. The van der Waals surface area contributed by atoms with Gasteiger partial charge >= 0.3 is 0 Å². The minimum atomic E-state index is -3.72. The van der Waals surface area contributed by atoms with Gasteiger partial charge in [-0.25, -0.2) is 8.42 Å². The van der Waals surface area contributed by atoms with Gasteiger partial charge in [-0.05, 0) is 49.2 Å². The molecule has 0 amide bonds. The van der Waals surface area contributed by atoms with Crippen molar-refractivity contribution < 1.29 is 8.42 Å². The van der Waals surface area contributed by atoms with E-state index in [-0.39, 0.29) is 10.6 Å². The number of hydrogen-bond donors (Lipinski definition) is 2. The van der Waals surface area contributed by atoms with Gasteiger partial charge in [0.25, 0.3) is 10.0 Å². The second-order valence-electron chi connectivity index (χ2n) is 4.61. The lowest BCUT2D eigenvalue weighted by Crippen LogP contribution is -2.14. The summed E-state index contributed by atoms with van der Waals surface area (Å²) in [6, 6.07) is 9.78. The predicted molar refractivity (Wildman–Crippen MR) is 82.6 cm³/mol. The molecular formula is C14H15ClN2O2S. The van der Waals surface area contributed by atoms with Crippen molar-refractivity contribution in [1.82, 2.24) is 0 Å². The van der Waals surface area contributed by atoms with E-state index in [4.69, 9.17) is 17.3 Å². The minimum absolute atomic E-state index is 0.0554. The predicted octanol–water partition coefficient (Wildman–Crippen LogP) is 3.34. The topological polar surface area (TPSA) is 72.2 Å². The molecule has 0 saturated heterocycles. The zero-order chi connectivity index (χ0) is 14.9. The van der Waals surface area contributed by atoms with Crippen molar-refractivity contribution in [2.75, 3.05) is 10.5 Å². The van der Waals surface area contributed by atoms with E-state index >= 15 is 0 Å². The number of nitrogen functional groups attached to an aromatic ring is 1. The van der Waals surface area contributed by atoms with Gasteiger partial charge in [-0.2, -0.15) is 0 Å². The average molecular weight is 311 g/mol. The largest absolute Gasteiger partial charge is 0.398 e. The second-order valence-corrected chi connectivity index (χ2v) is 6.67. The molecule has 106 valence electrons. The van der Waals surface area contributed by atoms with Crippen LogP contribution in [-0.2, 0) is 10.0 Å². The Morgan fingerprint density at radius 2 is 1.80 bits per heavy atom. The molecule has 3 N–H and O–H groups in total. The highest BCUT2D eigenvalue weighted by Gasteiger charge is 2.17. The van der Waals surface area contributed by atoms with Crippen molar-refractivity contribution >= 4 is 33.0 Å². The molecule has 0 aliphatic carbocycles. The lowest BCUT2D eigenvalue weighted by atomic mass is 10.2. The third kappa shape index (κ3) is 3.05. The van der Waals surface area contributed by atoms with Crippen LogP contribution >= 0.6 is 11.6 Å². The molecule has 0 atom stereocenters. The molecule has 0 spiro atoms. The van der Waals surface area contributed by atoms with Gasteiger partial charge in [0.1, 0.15) is 4.90 Å². The van der Waals surface area contributed by atoms with Crippen molar-refractivity contribution in [2.45, 2.75) is 18.7 Å². The molecule has 0 radical (unpaired) electrons. The Bertz CT molecular complexity index is 758. The van der Waals surface area contributed by atoms with Crippen LogP contribution in [0.5, 0.6) is 0 Å². The van der Waals surface area contributed by atoms with Crippen molar-refractivity contribution in [1.29, 1.82) is 0 Å².